The van der Waals surface area contributed by atoms with E-state index in [1.54, 1.807) is 0 Å². The van der Waals surface area contributed by atoms with Gasteiger partial charge >= 0.3 is 0 Å². The summed E-state index contributed by atoms with van der Waals surface area (Å²) in [5.74, 6) is -0.00414. The molecule has 0 spiro atoms. The van der Waals surface area contributed by atoms with Crippen LogP contribution in [0.4, 0.5) is 5.15 Å². The molecule has 0 radical (unpaired) electrons. The molecule has 1 amide bonds. The molecule has 0 aliphatic rings. The van der Waals surface area contributed by atoms with E-state index in [-0.39, 0.29) is 12.8 Å². The molecule has 8 heteroatoms. The lowest BCUT2D eigenvalue weighted by molar-refractivity contribution is 0.0991. The van der Waals surface area contributed by atoms with Gasteiger partial charge in [0.25, 0.3) is 5.91 Å². The molecule has 0 bridgehead atoms. The summed E-state index contributed by atoms with van der Waals surface area (Å²) in [5.41, 5.74) is 5.70. The Morgan fingerprint density at radius 2 is 2.33 bits per heavy atom. The number of nitrogen functional groups attached to an aromatic ring is 1. The molecular weight excluding hydrogens is 247 g/mol. The van der Waals surface area contributed by atoms with Crippen molar-refractivity contribution < 1.29 is 4.79 Å². The van der Waals surface area contributed by atoms with Crippen LogP contribution in [0.25, 0.3) is 0 Å². The first-order valence-corrected chi connectivity index (χ1v) is 9.48. The molecule has 2 unspecified atom stereocenters. The topological polar surface area (TPSA) is 55.1 Å². The van der Waals surface area contributed by atoms with E-state index in [4.69, 9.17) is 5.73 Å². The second kappa shape index (κ2) is 4.88. The molecule has 0 aliphatic heterocycles. The Labute approximate surface area is 79.0 Å². The van der Waals surface area contributed by atoms with Crippen molar-refractivity contribution in [3.8, 4) is 0 Å². The molecule has 1 rings (SSSR count). The predicted octanol–water partition coefficient (Wildman–Crippen LogP) is 3.33. The van der Waals surface area contributed by atoms with Crippen molar-refractivity contribution in [1.82, 2.24) is 5.09 Å². The Morgan fingerprint density at radius 1 is 1.67 bits per heavy atom. The summed E-state index contributed by atoms with van der Waals surface area (Å²) >= 11 is 0. The molecule has 3 nitrogen and oxygen atoms in total. The largest absolute Gasteiger partial charge is 0.336 e. The van der Waals surface area contributed by atoms with Gasteiger partial charge in [0.15, 0.2) is 22.6 Å². The maximum absolute atomic E-state index is 11.2. The number of nitrogens with one attached hydrogen (secondary N) is 1. The average molecular weight is 255 g/mol. The monoisotopic (exact) mass is 255 g/mol. The lowest BCUT2D eigenvalue weighted by atomic mass is 10.8. The van der Waals surface area contributed by atoms with Crippen molar-refractivity contribution >= 4 is 51.3 Å². The fourth-order valence-electron chi connectivity index (χ4n) is 0.622. The van der Waals surface area contributed by atoms with E-state index in [0.717, 1.165) is 26.2 Å². The highest BCUT2D eigenvalue weighted by atomic mass is 32.2. The van der Waals surface area contributed by atoms with Gasteiger partial charge in [0.05, 0.1) is 0 Å². The molecule has 1 aromatic rings. The normalized spacial score (nSPS) is 13.1. The summed E-state index contributed by atoms with van der Waals surface area (Å²) in [6, 6.07) is 0. The summed E-state index contributed by atoms with van der Waals surface area (Å²) in [6.45, 7) is 2.01. The second-order valence-electron chi connectivity index (χ2n) is 1.96. The summed E-state index contributed by atoms with van der Waals surface area (Å²) in [4.78, 5) is 11.2. The molecule has 1 heterocycles. The van der Waals surface area contributed by atoms with Gasteiger partial charge in [-0.3, -0.25) is 10.5 Å². The maximum Gasteiger partial charge on any atom is 0.267 e. The van der Waals surface area contributed by atoms with Crippen LogP contribution in [-0.4, -0.2) is 5.91 Å². The summed E-state index contributed by atoms with van der Waals surface area (Å²) in [7, 11) is 5.51. The minimum Gasteiger partial charge on any atom is -0.336 e. The van der Waals surface area contributed by atoms with E-state index in [0.29, 0.717) is 0 Å². The molecule has 0 saturated carbocycles. The van der Waals surface area contributed by atoms with E-state index in [1.165, 1.54) is 7.87 Å². The van der Waals surface area contributed by atoms with Crippen molar-refractivity contribution in [1.29, 1.82) is 0 Å². The van der Waals surface area contributed by atoms with Gasteiger partial charge in [0, 0.05) is 0 Å². The van der Waals surface area contributed by atoms with Crippen LogP contribution in [-0.2, 0) is 6.66 Å². The van der Waals surface area contributed by atoms with E-state index in [2.05, 4.69) is 21.1 Å². The van der Waals surface area contributed by atoms with Crippen LogP contribution in [0.15, 0.2) is 0 Å². The number of rotatable bonds is 1. The minimum absolute atomic E-state index is 0.00414. The molecule has 0 fully saturated rings. The van der Waals surface area contributed by atoms with Gasteiger partial charge in [-0.25, -0.2) is 0 Å². The standard InChI is InChI=1S/C4H7N2OP5/c1-12-10-3(2(7)6-8)9-4(5)11-12/h5,8H2,1H3/p+1. The molecule has 2 atom stereocenters. The molecular formula is C4H8N2OP5+. The van der Waals surface area contributed by atoms with Crippen LogP contribution in [0.5, 0.6) is 0 Å². The summed E-state index contributed by atoms with van der Waals surface area (Å²) in [5, 5.41) is 4.31. The number of carbonyl (C=O) groups excluding carboxylic acids is 1. The molecule has 3 N–H and O–H groups in total. The smallest absolute Gasteiger partial charge is 0.267 e. The Hall–Kier alpha value is 0.800. The van der Waals surface area contributed by atoms with Gasteiger partial charge in [-0.1, -0.05) is 0 Å². The van der Waals surface area contributed by atoms with Crippen molar-refractivity contribution in [2.24, 2.45) is 6.66 Å². The van der Waals surface area contributed by atoms with Gasteiger partial charge < -0.3 is 5.09 Å². The number of hydrogen-bond donors (Lipinski definition) is 2. The number of carbonyl (C=O) groups is 1. The highest BCUT2D eigenvalue weighted by Crippen LogP contribution is 2.53. The van der Waals surface area contributed by atoms with Crippen LogP contribution < -0.4 is 10.8 Å². The zero-order valence-electron chi connectivity index (χ0n) is 6.35. The molecule has 0 aromatic carbocycles. The number of anilines is 1. The van der Waals surface area contributed by atoms with E-state index >= 15 is 0 Å². The van der Waals surface area contributed by atoms with Gasteiger partial charge in [0.1, 0.15) is 16.8 Å². The zero-order valence-corrected chi connectivity index (χ0v) is 11.1. The Balaban J connectivity index is 3.08. The van der Waals surface area contributed by atoms with E-state index < -0.39 is 0 Å². The Morgan fingerprint density at radius 3 is 2.83 bits per heavy atom. The lowest BCUT2D eigenvalue weighted by Crippen LogP contribution is -2.08. The third-order valence-corrected chi connectivity index (χ3v) is 9.86. The number of amides is 1. The molecule has 0 aliphatic carbocycles. The summed E-state index contributed by atoms with van der Waals surface area (Å²) in [6.07, 6.45) is 0. The van der Waals surface area contributed by atoms with Crippen molar-refractivity contribution in [3.05, 3.63) is 5.03 Å². The summed E-state index contributed by atoms with van der Waals surface area (Å²) < 4.78 is 0. The van der Waals surface area contributed by atoms with Crippen LogP contribution in [0.2, 0.25) is 0 Å². The quantitative estimate of drug-likeness (QED) is 0.756. The van der Waals surface area contributed by atoms with Crippen molar-refractivity contribution in [2.75, 3.05) is 5.73 Å². The molecule has 12 heavy (non-hydrogen) atoms. The van der Waals surface area contributed by atoms with Crippen LogP contribution in [0, 0.1) is 0 Å². The average Bonchev–Trinajstić information content (AvgIpc) is 2.01. The fraction of sp³-hybridized carbons (Fsp3) is 0.250. The first-order valence-electron chi connectivity index (χ1n) is 3.02. The predicted molar refractivity (Wildman–Crippen MR) is 63.7 cm³/mol. The van der Waals surface area contributed by atoms with Crippen LogP contribution in [0.3, 0.4) is 0 Å². The minimum atomic E-state index is -0.140. The van der Waals surface area contributed by atoms with Crippen LogP contribution >= 0.6 is 40.2 Å². The highest BCUT2D eigenvalue weighted by Gasteiger charge is 2.12. The molecule has 0 saturated heterocycles. The first kappa shape index (κ1) is 10.9. The van der Waals surface area contributed by atoms with Gasteiger partial charge in [-0.15, -0.1) is 0 Å². The van der Waals surface area contributed by atoms with E-state index in [9.17, 15) is 4.79 Å². The zero-order chi connectivity index (χ0) is 9.14. The van der Waals surface area contributed by atoms with Gasteiger partial charge in [-0.05, 0) is 17.6 Å². The third kappa shape index (κ3) is 2.93. The Bertz CT molecular complexity index is 296. The van der Waals surface area contributed by atoms with Crippen molar-refractivity contribution in [3.63, 3.8) is 0 Å². The highest BCUT2D eigenvalue weighted by molar-refractivity contribution is 8.27. The third-order valence-electron chi connectivity index (χ3n) is 1.04. The van der Waals surface area contributed by atoms with Crippen molar-refractivity contribution in [2.45, 2.75) is 0 Å². The lowest BCUT2D eigenvalue weighted by Gasteiger charge is -1.94. The van der Waals surface area contributed by atoms with E-state index in [1.807, 2.05) is 0 Å². The van der Waals surface area contributed by atoms with Gasteiger partial charge in [-0.2, -0.15) is 0 Å². The maximum atomic E-state index is 11.2. The number of nitrogens with two attached hydrogens (primary N) is 1. The van der Waals surface area contributed by atoms with Crippen LogP contribution in [0.1, 0.15) is 9.82 Å². The molecule has 1 aromatic heterocycles. The SMILES string of the molecule is C[p+]1pc(N)pc(C(=O)NP)p1. The van der Waals surface area contributed by atoms with Gasteiger partial charge in [0.2, 0.25) is 0 Å². The first-order chi connectivity index (χ1) is 5.63. The second-order valence-corrected chi connectivity index (χ2v) is 12.2. The number of hydrogen-bond acceptors (Lipinski definition) is 2. The molecule has 64 valence electrons. The Kier molecular flexibility index (Phi) is 4.42. The fourth-order valence-corrected chi connectivity index (χ4v) is 12.1. The number of aryl methyl sites for hydroxylation is 1.